The molecule has 3 aromatic rings. The van der Waals surface area contributed by atoms with Crippen molar-refractivity contribution in [3.8, 4) is 0 Å². The summed E-state index contributed by atoms with van der Waals surface area (Å²) in [6.45, 7) is 2.14. The van der Waals surface area contributed by atoms with Crippen molar-refractivity contribution < 1.29 is 4.74 Å². The summed E-state index contributed by atoms with van der Waals surface area (Å²) in [5.74, 6) is 2.26. The molecular weight excluding hydrogens is 330 g/mol. The van der Waals surface area contributed by atoms with E-state index < -0.39 is 0 Å². The van der Waals surface area contributed by atoms with Crippen LogP contribution in [0.1, 0.15) is 48.0 Å². The number of aromatic amines is 1. The van der Waals surface area contributed by atoms with Gasteiger partial charge in [-0.1, -0.05) is 6.42 Å². The van der Waals surface area contributed by atoms with E-state index in [0.717, 1.165) is 36.4 Å². The van der Waals surface area contributed by atoms with Crippen LogP contribution in [0.25, 0.3) is 11.0 Å². The lowest BCUT2D eigenvalue weighted by Crippen LogP contribution is -2.32. The van der Waals surface area contributed by atoms with Gasteiger partial charge in [0.2, 0.25) is 0 Å². The summed E-state index contributed by atoms with van der Waals surface area (Å²) < 4.78 is 7.06. The van der Waals surface area contributed by atoms with Gasteiger partial charge < -0.3 is 9.64 Å². The average Bonchev–Trinajstić information content (AvgIpc) is 3.18. The molecule has 5 rings (SSSR count). The second kappa shape index (κ2) is 6.05. The molecule has 0 aromatic carbocycles. The van der Waals surface area contributed by atoms with Gasteiger partial charge in [-0.25, -0.2) is 9.97 Å². The van der Waals surface area contributed by atoms with Gasteiger partial charge in [-0.05, 0) is 12.8 Å². The zero-order valence-electron chi connectivity index (χ0n) is 15.2. The van der Waals surface area contributed by atoms with Gasteiger partial charge in [0.25, 0.3) is 0 Å². The fourth-order valence-corrected chi connectivity index (χ4v) is 4.00. The monoisotopic (exact) mass is 353 g/mol. The van der Waals surface area contributed by atoms with E-state index in [1.54, 1.807) is 11.8 Å². The maximum Gasteiger partial charge on any atom is 0.163 e. The molecule has 0 atom stereocenters. The predicted octanol–water partition coefficient (Wildman–Crippen LogP) is 2.06. The Bertz CT molecular complexity index is 956. The zero-order chi connectivity index (χ0) is 17.7. The van der Waals surface area contributed by atoms with E-state index in [4.69, 9.17) is 9.72 Å². The first-order valence-electron chi connectivity index (χ1n) is 9.23. The second-order valence-electron chi connectivity index (χ2n) is 7.27. The number of hydrogen-bond acceptors (Lipinski definition) is 6. The van der Waals surface area contributed by atoms with Crippen LogP contribution >= 0.6 is 0 Å². The highest BCUT2D eigenvalue weighted by atomic mass is 16.5. The van der Waals surface area contributed by atoms with Crippen LogP contribution in [0.2, 0.25) is 0 Å². The van der Waals surface area contributed by atoms with Crippen LogP contribution in [0.4, 0.5) is 5.82 Å². The molecular formula is C18H23N7O. The van der Waals surface area contributed by atoms with Crippen LogP contribution in [-0.2, 0) is 31.4 Å². The second-order valence-corrected chi connectivity index (χ2v) is 7.27. The van der Waals surface area contributed by atoms with Crippen molar-refractivity contribution >= 4 is 16.9 Å². The highest BCUT2D eigenvalue weighted by Crippen LogP contribution is 2.39. The maximum absolute atomic E-state index is 5.26. The largest absolute Gasteiger partial charge is 0.377 e. The number of rotatable bonds is 4. The summed E-state index contributed by atoms with van der Waals surface area (Å²) in [6.07, 6.45) is 6.66. The lowest BCUT2D eigenvalue weighted by atomic mass is 9.81. The average molecular weight is 353 g/mol. The van der Waals surface area contributed by atoms with Crippen LogP contribution in [0.5, 0.6) is 0 Å². The molecule has 26 heavy (non-hydrogen) atoms. The summed E-state index contributed by atoms with van der Waals surface area (Å²) in [7, 11) is 3.58. The third-order valence-electron chi connectivity index (χ3n) is 5.65. The molecule has 4 heterocycles. The van der Waals surface area contributed by atoms with Gasteiger partial charge >= 0.3 is 0 Å². The number of fused-ring (bicyclic) bond motifs is 2. The Morgan fingerprint density at radius 3 is 2.96 bits per heavy atom. The Labute approximate surface area is 151 Å². The van der Waals surface area contributed by atoms with E-state index in [-0.39, 0.29) is 0 Å². The Hall–Kier alpha value is -2.48. The molecule has 0 saturated heterocycles. The molecule has 1 aliphatic heterocycles. The minimum Gasteiger partial charge on any atom is -0.377 e. The van der Waals surface area contributed by atoms with Crippen LogP contribution in [0.15, 0.2) is 6.20 Å². The molecule has 1 aliphatic carbocycles. The van der Waals surface area contributed by atoms with E-state index in [1.807, 2.05) is 13.2 Å². The molecule has 136 valence electrons. The van der Waals surface area contributed by atoms with Crippen molar-refractivity contribution in [2.45, 2.75) is 44.8 Å². The van der Waals surface area contributed by atoms with Crippen LogP contribution in [0.3, 0.4) is 0 Å². The van der Waals surface area contributed by atoms with E-state index >= 15 is 0 Å². The summed E-state index contributed by atoms with van der Waals surface area (Å²) in [5.41, 5.74) is 4.77. The molecule has 0 radical (unpaired) electrons. The first-order valence-corrected chi connectivity index (χ1v) is 9.23. The fraction of sp³-hybridized carbons (Fsp3) is 0.556. The number of H-pyrrole nitrogens is 1. The number of anilines is 1. The highest BCUT2D eigenvalue weighted by molar-refractivity contribution is 5.87. The number of aryl methyl sites for hydroxylation is 1. The number of aromatic nitrogens is 6. The van der Waals surface area contributed by atoms with Gasteiger partial charge in [0.15, 0.2) is 11.5 Å². The summed E-state index contributed by atoms with van der Waals surface area (Å²) in [4.78, 5) is 11.7. The SMILES string of the molecule is COCc1nc(N2CCc3[nH]nc(C4CCC4)c3C2)c2cnn(C)c2n1. The van der Waals surface area contributed by atoms with Gasteiger partial charge in [-0.3, -0.25) is 9.78 Å². The molecule has 0 amide bonds. The van der Waals surface area contributed by atoms with Gasteiger partial charge in [0.1, 0.15) is 12.4 Å². The third-order valence-corrected chi connectivity index (χ3v) is 5.65. The van der Waals surface area contributed by atoms with Crippen molar-refractivity contribution in [3.05, 3.63) is 29.0 Å². The fourth-order valence-electron chi connectivity index (χ4n) is 4.00. The van der Waals surface area contributed by atoms with Gasteiger partial charge in [0.05, 0.1) is 17.3 Å². The molecule has 1 N–H and O–H groups in total. The van der Waals surface area contributed by atoms with Crippen molar-refractivity contribution in [2.75, 3.05) is 18.6 Å². The van der Waals surface area contributed by atoms with Crippen molar-refractivity contribution in [1.82, 2.24) is 29.9 Å². The number of nitrogens with zero attached hydrogens (tertiary/aromatic N) is 6. The predicted molar refractivity (Wildman–Crippen MR) is 97.0 cm³/mol. The quantitative estimate of drug-likeness (QED) is 0.773. The lowest BCUT2D eigenvalue weighted by Gasteiger charge is -2.31. The molecule has 0 spiro atoms. The smallest absolute Gasteiger partial charge is 0.163 e. The summed E-state index contributed by atoms with van der Waals surface area (Å²) in [6, 6.07) is 0. The minimum atomic E-state index is 0.395. The van der Waals surface area contributed by atoms with Crippen LogP contribution in [-0.4, -0.2) is 43.6 Å². The Morgan fingerprint density at radius 1 is 1.31 bits per heavy atom. The third kappa shape index (κ3) is 2.39. The molecule has 3 aromatic heterocycles. The number of hydrogen-bond donors (Lipinski definition) is 1. The Balaban J connectivity index is 1.55. The summed E-state index contributed by atoms with van der Waals surface area (Å²) in [5, 5.41) is 13.3. The Kier molecular flexibility index (Phi) is 3.66. The standard InChI is InChI=1S/C18H23N7O/c1-24-17-12(8-19-24)18(21-15(20-17)10-26-2)25-7-6-14-13(9-25)16(23-22-14)11-4-3-5-11/h8,11H,3-7,9-10H2,1-2H3,(H,22,23). The molecule has 1 fully saturated rings. The van der Waals surface area contributed by atoms with E-state index in [1.165, 1.54) is 36.2 Å². The van der Waals surface area contributed by atoms with E-state index in [9.17, 15) is 0 Å². The molecule has 8 nitrogen and oxygen atoms in total. The molecule has 0 bridgehead atoms. The topological polar surface area (TPSA) is 84.8 Å². The number of ether oxygens (including phenoxy) is 1. The van der Waals surface area contributed by atoms with E-state index in [2.05, 4.69) is 25.2 Å². The zero-order valence-corrected chi connectivity index (χ0v) is 15.2. The first-order chi connectivity index (χ1) is 12.7. The highest BCUT2D eigenvalue weighted by Gasteiger charge is 2.30. The molecule has 0 unspecified atom stereocenters. The minimum absolute atomic E-state index is 0.395. The van der Waals surface area contributed by atoms with Crippen LogP contribution in [0, 0.1) is 0 Å². The molecule has 8 heteroatoms. The van der Waals surface area contributed by atoms with E-state index in [0.29, 0.717) is 18.3 Å². The van der Waals surface area contributed by atoms with Gasteiger partial charge in [0, 0.05) is 50.8 Å². The van der Waals surface area contributed by atoms with Gasteiger partial charge in [-0.15, -0.1) is 0 Å². The lowest BCUT2D eigenvalue weighted by molar-refractivity contribution is 0.178. The first kappa shape index (κ1) is 15.7. The number of methoxy groups -OCH3 is 1. The Morgan fingerprint density at radius 2 is 2.19 bits per heavy atom. The maximum atomic E-state index is 5.26. The normalized spacial score (nSPS) is 17.5. The van der Waals surface area contributed by atoms with Crippen molar-refractivity contribution in [3.63, 3.8) is 0 Å². The summed E-state index contributed by atoms with van der Waals surface area (Å²) >= 11 is 0. The van der Waals surface area contributed by atoms with Crippen LogP contribution < -0.4 is 4.90 Å². The van der Waals surface area contributed by atoms with Crippen molar-refractivity contribution in [2.24, 2.45) is 7.05 Å². The van der Waals surface area contributed by atoms with Gasteiger partial charge in [-0.2, -0.15) is 10.2 Å². The molecule has 1 saturated carbocycles. The number of nitrogens with one attached hydrogen (secondary N) is 1. The molecule has 2 aliphatic rings. The van der Waals surface area contributed by atoms with Crippen molar-refractivity contribution in [1.29, 1.82) is 0 Å².